The van der Waals surface area contributed by atoms with E-state index in [0.29, 0.717) is 5.03 Å². The Kier molecular flexibility index (Phi) is 4.91. The fourth-order valence-corrected chi connectivity index (χ4v) is 1.97. The number of halogens is 1. The van der Waals surface area contributed by atoms with Crippen LogP contribution in [0.1, 0.15) is 18.1 Å². The van der Waals surface area contributed by atoms with Gasteiger partial charge in [0.15, 0.2) is 0 Å². The molecule has 0 aliphatic rings. The molecule has 0 fully saturated rings. The lowest BCUT2D eigenvalue weighted by molar-refractivity contribution is 1.46. The molecule has 0 N–H and O–H groups in total. The maximum Gasteiger partial charge on any atom is 0.0720 e. The minimum absolute atomic E-state index is 0.466. The second-order valence-corrected chi connectivity index (χ2v) is 4.89. The number of hydrogen-bond donors (Lipinski definition) is 0. The van der Waals surface area contributed by atoms with Gasteiger partial charge in [0.1, 0.15) is 0 Å². The van der Waals surface area contributed by atoms with Crippen molar-refractivity contribution in [3.8, 4) is 0 Å². The first-order valence-electron chi connectivity index (χ1n) is 6.39. The zero-order valence-electron chi connectivity index (χ0n) is 11.4. The Hall–Kier alpha value is -2.12. The smallest absolute Gasteiger partial charge is 0.0720 e. The van der Waals surface area contributed by atoms with E-state index in [1.165, 1.54) is 0 Å². The Morgan fingerprint density at radius 2 is 1.45 bits per heavy atom. The molecule has 0 aromatic heterocycles. The summed E-state index contributed by atoms with van der Waals surface area (Å²) >= 11 is 5.91. The predicted octanol–water partition coefficient (Wildman–Crippen LogP) is 5.29. The largest absolute Gasteiger partial charge is 0.252 e. The van der Waals surface area contributed by atoms with E-state index >= 15 is 0 Å². The Labute approximate surface area is 124 Å². The molecule has 0 unspecified atom stereocenters. The van der Waals surface area contributed by atoms with Crippen LogP contribution in [-0.4, -0.2) is 5.71 Å². The van der Waals surface area contributed by atoms with Crippen molar-refractivity contribution in [3.05, 3.63) is 89.5 Å². The fourth-order valence-electron chi connectivity index (χ4n) is 1.86. The highest BCUT2D eigenvalue weighted by atomic mass is 35.5. The average molecular weight is 282 g/mol. The van der Waals surface area contributed by atoms with Crippen molar-refractivity contribution in [2.24, 2.45) is 4.99 Å². The maximum atomic E-state index is 5.91. The minimum atomic E-state index is 0.466. The van der Waals surface area contributed by atoms with Crippen LogP contribution in [0, 0.1) is 0 Å². The second-order valence-electron chi connectivity index (χ2n) is 4.41. The third kappa shape index (κ3) is 3.94. The van der Waals surface area contributed by atoms with Crippen molar-refractivity contribution in [2.75, 3.05) is 0 Å². The molecular formula is C18H16ClN. The van der Waals surface area contributed by atoms with Gasteiger partial charge < -0.3 is 0 Å². The van der Waals surface area contributed by atoms with Crippen LogP contribution in [-0.2, 0) is 0 Å². The summed E-state index contributed by atoms with van der Waals surface area (Å²) in [6.07, 6.45) is 1.78. The lowest BCUT2D eigenvalue weighted by Crippen LogP contribution is -1.95. The first kappa shape index (κ1) is 14.3. The van der Waals surface area contributed by atoms with Crippen molar-refractivity contribution in [3.63, 3.8) is 0 Å². The van der Waals surface area contributed by atoms with Gasteiger partial charge in [0.25, 0.3) is 0 Å². The molecule has 2 aromatic rings. The van der Waals surface area contributed by atoms with Gasteiger partial charge >= 0.3 is 0 Å². The lowest BCUT2D eigenvalue weighted by Gasteiger charge is -2.05. The summed E-state index contributed by atoms with van der Waals surface area (Å²) in [6.45, 7) is 5.71. The monoisotopic (exact) mass is 281 g/mol. The molecule has 2 aromatic carbocycles. The minimum Gasteiger partial charge on any atom is -0.252 e. The van der Waals surface area contributed by atoms with E-state index in [-0.39, 0.29) is 0 Å². The number of benzene rings is 2. The standard InChI is InChI=1S/C18H16ClN/c1-14(19)13-18(17-11-7-4-8-12-17)20-15(2)16-9-5-3-6-10-16/h3-13H,1H2,2H3/b18-13-,20-15?. The van der Waals surface area contributed by atoms with Crippen molar-refractivity contribution >= 4 is 23.0 Å². The van der Waals surface area contributed by atoms with E-state index in [0.717, 1.165) is 22.5 Å². The van der Waals surface area contributed by atoms with Gasteiger partial charge in [0.05, 0.1) is 5.70 Å². The number of allylic oxidation sites excluding steroid dienone is 2. The van der Waals surface area contributed by atoms with Crippen LogP contribution in [0.2, 0.25) is 0 Å². The molecule has 20 heavy (non-hydrogen) atoms. The van der Waals surface area contributed by atoms with Crippen LogP contribution in [0.15, 0.2) is 83.3 Å². The van der Waals surface area contributed by atoms with Gasteiger partial charge in [0.2, 0.25) is 0 Å². The highest BCUT2D eigenvalue weighted by Crippen LogP contribution is 2.20. The third-order valence-electron chi connectivity index (χ3n) is 2.84. The van der Waals surface area contributed by atoms with Crippen LogP contribution in [0.4, 0.5) is 0 Å². The molecular weight excluding hydrogens is 266 g/mol. The molecule has 0 saturated heterocycles. The van der Waals surface area contributed by atoms with Crippen LogP contribution < -0.4 is 0 Å². The average Bonchev–Trinajstić information content (AvgIpc) is 2.48. The van der Waals surface area contributed by atoms with E-state index in [1.54, 1.807) is 6.08 Å². The summed E-state index contributed by atoms with van der Waals surface area (Å²) in [7, 11) is 0. The van der Waals surface area contributed by atoms with Crippen LogP contribution in [0.5, 0.6) is 0 Å². The molecule has 0 spiro atoms. The van der Waals surface area contributed by atoms with Crippen LogP contribution in [0.25, 0.3) is 5.70 Å². The molecule has 0 saturated carbocycles. The molecule has 100 valence electrons. The Balaban J connectivity index is 2.42. The van der Waals surface area contributed by atoms with E-state index in [4.69, 9.17) is 11.6 Å². The lowest BCUT2D eigenvalue weighted by atomic mass is 10.1. The van der Waals surface area contributed by atoms with Crippen LogP contribution >= 0.6 is 11.6 Å². The van der Waals surface area contributed by atoms with Crippen molar-refractivity contribution < 1.29 is 0 Å². The third-order valence-corrected chi connectivity index (χ3v) is 2.95. The predicted molar refractivity (Wildman–Crippen MR) is 88.1 cm³/mol. The van der Waals surface area contributed by atoms with E-state index < -0.39 is 0 Å². The molecule has 0 bridgehead atoms. The van der Waals surface area contributed by atoms with Crippen molar-refractivity contribution in [1.29, 1.82) is 0 Å². The van der Waals surface area contributed by atoms with E-state index in [9.17, 15) is 0 Å². The second kappa shape index (κ2) is 6.88. The quantitative estimate of drug-likeness (QED) is 0.533. The van der Waals surface area contributed by atoms with Crippen molar-refractivity contribution in [2.45, 2.75) is 6.92 Å². The van der Waals surface area contributed by atoms with E-state index in [2.05, 4.69) is 11.6 Å². The summed E-state index contributed by atoms with van der Waals surface area (Å²) in [5.41, 5.74) is 3.87. The summed E-state index contributed by atoms with van der Waals surface area (Å²) in [5.74, 6) is 0. The van der Waals surface area contributed by atoms with Gasteiger partial charge in [-0.1, -0.05) is 78.8 Å². The molecule has 2 rings (SSSR count). The fraction of sp³-hybridized carbons (Fsp3) is 0.0556. The van der Waals surface area contributed by atoms with Gasteiger partial charge in [-0.15, -0.1) is 0 Å². The molecule has 0 amide bonds. The number of hydrogen-bond acceptors (Lipinski definition) is 1. The molecule has 0 aliphatic heterocycles. The SMILES string of the molecule is C=C(Cl)/C=C(\N=C(C)c1ccccc1)c1ccccc1. The zero-order valence-corrected chi connectivity index (χ0v) is 12.1. The van der Waals surface area contributed by atoms with Gasteiger partial charge in [-0.3, -0.25) is 4.99 Å². The Morgan fingerprint density at radius 3 is 1.95 bits per heavy atom. The van der Waals surface area contributed by atoms with Gasteiger partial charge in [-0.2, -0.15) is 0 Å². The summed E-state index contributed by atoms with van der Waals surface area (Å²) in [5, 5.41) is 0.466. The first-order chi connectivity index (χ1) is 9.66. The molecule has 2 heteroatoms. The molecule has 0 radical (unpaired) electrons. The highest BCUT2D eigenvalue weighted by Gasteiger charge is 2.02. The summed E-state index contributed by atoms with van der Waals surface area (Å²) in [6, 6.07) is 20.0. The number of nitrogens with zero attached hydrogens (tertiary/aromatic N) is 1. The topological polar surface area (TPSA) is 12.4 Å². The number of rotatable bonds is 4. The summed E-state index contributed by atoms with van der Waals surface area (Å²) in [4.78, 5) is 4.69. The zero-order chi connectivity index (χ0) is 14.4. The van der Waals surface area contributed by atoms with Crippen molar-refractivity contribution in [1.82, 2.24) is 0 Å². The Bertz CT molecular complexity index is 640. The maximum absolute atomic E-state index is 5.91. The van der Waals surface area contributed by atoms with E-state index in [1.807, 2.05) is 67.6 Å². The summed E-state index contributed by atoms with van der Waals surface area (Å²) < 4.78 is 0. The molecule has 0 aliphatic carbocycles. The molecule has 0 atom stereocenters. The first-order valence-corrected chi connectivity index (χ1v) is 6.77. The van der Waals surface area contributed by atoms with Crippen LogP contribution in [0.3, 0.4) is 0 Å². The Morgan fingerprint density at radius 1 is 0.950 bits per heavy atom. The molecule has 0 heterocycles. The van der Waals surface area contributed by atoms with Gasteiger partial charge in [-0.25, -0.2) is 0 Å². The molecule has 1 nitrogen and oxygen atoms in total. The number of aliphatic imine (C=N–C) groups is 1. The van der Waals surface area contributed by atoms with Gasteiger partial charge in [-0.05, 0) is 18.6 Å². The normalized spacial score (nSPS) is 12.3. The van der Waals surface area contributed by atoms with Gasteiger partial charge in [0, 0.05) is 16.3 Å². The highest BCUT2D eigenvalue weighted by molar-refractivity contribution is 6.31.